The van der Waals surface area contributed by atoms with Gasteiger partial charge < -0.3 is 9.47 Å². The molecule has 1 heterocycles. The first-order valence-electron chi connectivity index (χ1n) is 9.68. The largest absolute Gasteiger partial charge is 0.490 e. The van der Waals surface area contributed by atoms with Crippen molar-refractivity contribution in [2.45, 2.75) is 20.1 Å². The Hall–Kier alpha value is -3.44. The van der Waals surface area contributed by atoms with E-state index in [2.05, 4.69) is 31.6 Å². The number of amides is 1. The fraction of sp³-hybridized carbons (Fsp3) is 0.190. The molecule has 0 aliphatic carbocycles. The van der Waals surface area contributed by atoms with Gasteiger partial charge in [-0.15, -0.1) is 0 Å². The average molecular weight is 537 g/mol. The van der Waals surface area contributed by atoms with Gasteiger partial charge in [0.15, 0.2) is 11.5 Å². The van der Waals surface area contributed by atoms with E-state index in [1.165, 1.54) is 6.21 Å². The Morgan fingerprint density at radius 1 is 1.36 bits per heavy atom. The molecule has 0 aliphatic heterocycles. The van der Waals surface area contributed by atoms with Crippen LogP contribution in [0.2, 0.25) is 5.02 Å². The van der Waals surface area contributed by atoms with Gasteiger partial charge in [-0.1, -0.05) is 23.7 Å². The van der Waals surface area contributed by atoms with E-state index in [1.54, 1.807) is 18.2 Å². The lowest BCUT2D eigenvalue weighted by atomic mass is 10.2. The van der Waals surface area contributed by atoms with Gasteiger partial charge in [0.05, 0.1) is 22.2 Å². The standard InChI is InChI=1S/C21H19BrClN5O5/c1-2-32-19-8-15(7-18(22)21(19)33-13-14-4-3-5-16(23)6-14)9-24-26-20(29)12-27-11-17(10-25-27)28(30)31/h3-11H,2,12-13H2,1H3,(H,26,29)/b24-9+. The summed E-state index contributed by atoms with van der Waals surface area (Å²) in [5, 5.41) is 19.0. The molecule has 0 saturated heterocycles. The molecule has 0 saturated carbocycles. The number of aromatic nitrogens is 2. The number of hydrogen-bond acceptors (Lipinski definition) is 7. The Kier molecular flexibility index (Phi) is 8.39. The first-order chi connectivity index (χ1) is 15.9. The number of carbonyl (C=O) groups excluding carboxylic acids is 1. The second-order valence-electron chi connectivity index (χ2n) is 6.63. The number of hydrogen-bond donors (Lipinski definition) is 1. The maximum Gasteiger partial charge on any atom is 0.307 e. The van der Waals surface area contributed by atoms with Crippen LogP contribution < -0.4 is 14.9 Å². The molecule has 0 radical (unpaired) electrons. The molecule has 0 aliphatic rings. The minimum Gasteiger partial charge on any atom is -0.490 e. The Morgan fingerprint density at radius 3 is 2.88 bits per heavy atom. The molecule has 1 N–H and O–H groups in total. The molecule has 3 aromatic rings. The monoisotopic (exact) mass is 535 g/mol. The van der Waals surface area contributed by atoms with Crippen molar-refractivity contribution in [3.05, 3.63) is 79.5 Å². The molecule has 33 heavy (non-hydrogen) atoms. The van der Waals surface area contributed by atoms with Gasteiger partial charge in [0.25, 0.3) is 5.91 Å². The minimum absolute atomic E-state index is 0.197. The summed E-state index contributed by atoms with van der Waals surface area (Å²) in [5.41, 5.74) is 3.72. The van der Waals surface area contributed by atoms with E-state index in [9.17, 15) is 14.9 Å². The molecule has 0 atom stereocenters. The summed E-state index contributed by atoms with van der Waals surface area (Å²) < 4.78 is 13.4. The summed E-state index contributed by atoms with van der Waals surface area (Å²) >= 11 is 9.51. The Bertz CT molecular complexity index is 1180. The number of nitro groups is 1. The molecule has 1 amide bonds. The van der Waals surface area contributed by atoms with E-state index < -0.39 is 10.8 Å². The van der Waals surface area contributed by atoms with Gasteiger partial charge in [-0.25, -0.2) is 5.43 Å². The number of rotatable bonds is 10. The van der Waals surface area contributed by atoms with Crippen molar-refractivity contribution in [2.75, 3.05) is 6.61 Å². The van der Waals surface area contributed by atoms with Gasteiger partial charge in [0.2, 0.25) is 0 Å². The van der Waals surface area contributed by atoms with Crippen LogP contribution in [0.15, 0.2) is 58.4 Å². The molecular formula is C21H19BrClN5O5. The van der Waals surface area contributed by atoms with E-state index in [-0.39, 0.29) is 12.2 Å². The summed E-state index contributed by atoms with van der Waals surface area (Å²) in [6.07, 6.45) is 3.67. The number of nitrogens with zero attached hydrogens (tertiary/aromatic N) is 4. The van der Waals surface area contributed by atoms with E-state index in [4.69, 9.17) is 21.1 Å². The highest BCUT2D eigenvalue weighted by molar-refractivity contribution is 9.10. The van der Waals surface area contributed by atoms with Crippen LogP contribution in [0.3, 0.4) is 0 Å². The van der Waals surface area contributed by atoms with Crippen LogP contribution in [0.1, 0.15) is 18.1 Å². The van der Waals surface area contributed by atoms with Crippen LogP contribution in [0.5, 0.6) is 11.5 Å². The van der Waals surface area contributed by atoms with Gasteiger partial charge in [0, 0.05) is 5.02 Å². The molecule has 0 fully saturated rings. The van der Waals surface area contributed by atoms with Gasteiger partial charge in [-0.05, 0) is 58.2 Å². The van der Waals surface area contributed by atoms with Crippen molar-refractivity contribution in [3.63, 3.8) is 0 Å². The van der Waals surface area contributed by atoms with Gasteiger partial charge in [-0.2, -0.15) is 10.2 Å². The number of benzene rings is 2. The maximum absolute atomic E-state index is 12.0. The van der Waals surface area contributed by atoms with Crippen LogP contribution in [-0.4, -0.2) is 33.4 Å². The van der Waals surface area contributed by atoms with Crippen molar-refractivity contribution >= 4 is 45.3 Å². The third kappa shape index (κ3) is 7.02. The van der Waals surface area contributed by atoms with E-state index in [0.29, 0.717) is 39.8 Å². The molecule has 12 heteroatoms. The van der Waals surface area contributed by atoms with Crippen molar-refractivity contribution in [1.82, 2.24) is 15.2 Å². The molecule has 0 spiro atoms. The van der Waals surface area contributed by atoms with Crippen LogP contribution in [0.4, 0.5) is 5.69 Å². The quantitative estimate of drug-likeness (QED) is 0.234. The van der Waals surface area contributed by atoms with Gasteiger partial charge >= 0.3 is 5.69 Å². The molecule has 2 aromatic carbocycles. The molecular weight excluding hydrogens is 518 g/mol. The Labute approximate surface area is 202 Å². The molecule has 172 valence electrons. The van der Waals surface area contributed by atoms with Crippen molar-refractivity contribution in [1.29, 1.82) is 0 Å². The minimum atomic E-state index is -0.588. The Morgan fingerprint density at radius 2 is 2.18 bits per heavy atom. The third-order valence-corrected chi connectivity index (χ3v) is 4.97. The second-order valence-corrected chi connectivity index (χ2v) is 7.92. The predicted molar refractivity (Wildman–Crippen MR) is 126 cm³/mol. The van der Waals surface area contributed by atoms with Crippen LogP contribution in [-0.2, 0) is 17.9 Å². The third-order valence-electron chi connectivity index (χ3n) is 4.14. The van der Waals surface area contributed by atoms with Crippen molar-refractivity contribution < 1.29 is 19.2 Å². The molecule has 1 aromatic heterocycles. The van der Waals surface area contributed by atoms with E-state index in [1.807, 2.05) is 25.1 Å². The summed E-state index contributed by atoms with van der Waals surface area (Å²) in [6, 6.07) is 10.9. The number of hydrazone groups is 1. The number of ether oxygens (including phenoxy) is 2. The SMILES string of the molecule is CCOc1cc(/C=N/NC(=O)Cn2cc([N+](=O)[O-])cn2)cc(Br)c1OCc1cccc(Cl)c1. The zero-order chi connectivity index (χ0) is 23.8. The summed E-state index contributed by atoms with van der Waals surface area (Å²) in [6.45, 7) is 2.37. The number of nitrogens with one attached hydrogen (secondary N) is 1. The maximum atomic E-state index is 12.0. The molecule has 0 unspecified atom stereocenters. The van der Waals surface area contributed by atoms with Gasteiger partial charge in [-0.3, -0.25) is 19.6 Å². The summed E-state index contributed by atoms with van der Waals surface area (Å²) in [7, 11) is 0. The molecule has 3 rings (SSSR count). The highest BCUT2D eigenvalue weighted by atomic mass is 79.9. The Balaban J connectivity index is 1.65. The zero-order valence-corrected chi connectivity index (χ0v) is 19.7. The zero-order valence-electron chi connectivity index (χ0n) is 17.4. The number of carbonyl (C=O) groups is 1. The average Bonchev–Trinajstić information content (AvgIpc) is 3.22. The summed E-state index contributed by atoms with van der Waals surface area (Å²) in [4.78, 5) is 22.1. The first kappa shape index (κ1) is 24.2. The predicted octanol–water partition coefficient (Wildman–Crippen LogP) is 4.34. The second kappa shape index (κ2) is 11.4. The van der Waals surface area contributed by atoms with Crippen LogP contribution in [0, 0.1) is 10.1 Å². The van der Waals surface area contributed by atoms with Crippen molar-refractivity contribution in [3.8, 4) is 11.5 Å². The number of halogens is 2. The normalized spacial score (nSPS) is 10.9. The van der Waals surface area contributed by atoms with E-state index >= 15 is 0 Å². The van der Waals surface area contributed by atoms with Crippen LogP contribution in [0.25, 0.3) is 0 Å². The lowest BCUT2D eigenvalue weighted by Crippen LogP contribution is -2.23. The lowest BCUT2D eigenvalue weighted by molar-refractivity contribution is -0.385. The lowest BCUT2D eigenvalue weighted by Gasteiger charge is -2.15. The fourth-order valence-corrected chi connectivity index (χ4v) is 3.53. The fourth-order valence-electron chi connectivity index (χ4n) is 2.74. The molecule has 10 nitrogen and oxygen atoms in total. The first-order valence-corrected chi connectivity index (χ1v) is 10.8. The highest BCUT2D eigenvalue weighted by Gasteiger charge is 2.13. The van der Waals surface area contributed by atoms with Crippen molar-refractivity contribution in [2.24, 2.45) is 5.10 Å². The summed E-state index contributed by atoms with van der Waals surface area (Å²) in [5.74, 6) is 0.540. The molecule has 0 bridgehead atoms. The van der Waals surface area contributed by atoms with E-state index in [0.717, 1.165) is 22.6 Å². The smallest absolute Gasteiger partial charge is 0.307 e. The highest BCUT2D eigenvalue weighted by Crippen LogP contribution is 2.37. The van der Waals surface area contributed by atoms with Gasteiger partial charge in [0.1, 0.15) is 25.5 Å². The van der Waals surface area contributed by atoms with Crippen LogP contribution >= 0.6 is 27.5 Å². The topological polar surface area (TPSA) is 121 Å².